The summed E-state index contributed by atoms with van der Waals surface area (Å²) in [6.45, 7) is 10.2. The topological polar surface area (TPSA) is 119 Å². The fourth-order valence-corrected chi connectivity index (χ4v) is 2.59. The highest BCUT2D eigenvalue weighted by Crippen LogP contribution is 2.05. The summed E-state index contributed by atoms with van der Waals surface area (Å²) < 4.78 is 32.2. The second kappa shape index (κ2) is 22.1. The van der Waals surface area contributed by atoms with Gasteiger partial charge in [-0.3, -0.25) is 14.4 Å². The Kier molecular flexibility index (Phi) is 20.9. The van der Waals surface area contributed by atoms with E-state index in [1.54, 1.807) is 13.8 Å². The Morgan fingerprint density at radius 1 is 0.758 bits per heavy atom. The van der Waals surface area contributed by atoms with Crippen LogP contribution in [-0.2, 0) is 42.8 Å². The molecule has 194 valence electrons. The van der Waals surface area contributed by atoms with E-state index >= 15 is 0 Å². The molecule has 1 N–H and O–H groups in total. The van der Waals surface area contributed by atoms with Gasteiger partial charge < -0.3 is 33.7 Å². The lowest BCUT2D eigenvalue weighted by atomic mass is 10.3. The fraction of sp³-hybridized carbons (Fsp3) is 0.870. The van der Waals surface area contributed by atoms with E-state index in [-0.39, 0.29) is 56.8 Å². The molecular formula is C23H43NO9. The van der Waals surface area contributed by atoms with Crippen molar-refractivity contribution in [1.29, 1.82) is 0 Å². The highest BCUT2D eigenvalue weighted by molar-refractivity contribution is 5.75. The van der Waals surface area contributed by atoms with Crippen molar-refractivity contribution in [2.45, 2.75) is 78.6 Å². The molecule has 0 radical (unpaired) electrons. The minimum Gasteiger partial charge on any atom is -0.463 e. The zero-order valence-electron chi connectivity index (χ0n) is 20.7. The molecule has 0 aromatic rings. The van der Waals surface area contributed by atoms with Crippen LogP contribution in [-0.4, -0.2) is 83.0 Å². The molecule has 0 aromatic heterocycles. The lowest BCUT2D eigenvalue weighted by molar-refractivity contribution is -0.154. The summed E-state index contributed by atoms with van der Waals surface area (Å²) in [5, 5.41) is 2.80. The van der Waals surface area contributed by atoms with E-state index in [4.69, 9.17) is 28.4 Å². The first-order valence-electron chi connectivity index (χ1n) is 12.0. The minimum atomic E-state index is -0.558. The molecule has 1 amide bonds. The largest absolute Gasteiger partial charge is 0.463 e. The van der Waals surface area contributed by atoms with Crippen molar-refractivity contribution in [2.75, 3.05) is 52.8 Å². The van der Waals surface area contributed by atoms with Crippen molar-refractivity contribution in [3.8, 4) is 0 Å². The van der Waals surface area contributed by atoms with Crippen molar-refractivity contribution in [3.63, 3.8) is 0 Å². The fourth-order valence-electron chi connectivity index (χ4n) is 2.59. The summed E-state index contributed by atoms with van der Waals surface area (Å²) >= 11 is 0. The van der Waals surface area contributed by atoms with Gasteiger partial charge in [-0.05, 0) is 26.7 Å². The van der Waals surface area contributed by atoms with Crippen LogP contribution in [0.5, 0.6) is 0 Å². The van der Waals surface area contributed by atoms with Gasteiger partial charge in [0.25, 0.3) is 0 Å². The molecular weight excluding hydrogens is 434 g/mol. The standard InChI is InChI=1S/C23H43NO9/c1-5-21(26)32-17-19(18-33-22(27)6-2)31-15-9-11-20(25)24-13-16-28-14-10-12-23(29-7-3)30-8-4/h19,23H,5-18H2,1-4H3,(H,24,25). The highest BCUT2D eigenvalue weighted by Gasteiger charge is 2.15. The van der Waals surface area contributed by atoms with Crippen LogP contribution in [0.3, 0.4) is 0 Å². The maximum absolute atomic E-state index is 11.9. The average molecular weight is 478 g/mol. The van der Waals surface area contributed by atoms with E-state index in [2.05, 4.69) is 5.32 Å². The van der Waals surface area contributed by atoms with E-state index in [0.29, 0.717) is 45.8 Å². The van der Waals surface area contributed by atoms with E-state index in [9.17, 15) is 14.4 Å². The van der Waals surface area contributed by atoms with Gasteiger partial charge in [0.1, 0.15) is 19.3 Å². The SMILES string of the molecule is CCOC(CCCOCCNC(=O)CCCOC(COC(=O)CC)COC(=O)CC)OCC. The number of hydrogen-bond acceptors (Lipinski definition) is 9. The first-order chi connectivity index (χ1) is 16.0. The normalized spacial score (nSPS) is 11.1. The second-order valence-corrected chi connectivity index (χ2v) is 7.11. The second-order valence-electron chi connectivity index (χ2n) is 7.11. The van der Waals surface area contributed by atoms with Crippen LogP contribution in [0.4, 0.5) is 0 Å². The zero-order valence-corrected chi connectivity index (χ0v) is 20.7. The van der Waals surface area contributed by atoms with Crippen LogP contribution in [0.15, 0.2) is 0 Å². The quantitative estimate of drug-likeness (QED) is 0.142. The smallest absolute Gasteiger partial charge is 0.305 e. The summed E-state index contributed by atoms with van der Waals surface area (Å²) in [7, 11) is 0. The molecule has 0 atom stereocenters. The third kappa shape index (κ3) is 19.4. The van der Waals surface area contributed by atoms with E-state index in [1.807, 2.05) is 13.8 Å². The molecule has 10 nitrogen and oxygen atoms in total. The predicted molar refractivity (Wildman–Crippen MR) is 122 cm³/mol. The number of amides is 1. The number of esters is 2. The molecule has 0 saturated carbocycles. The van der Waals surface area contributed by atoms with Gasteiger partial charge >= 0.3 is 11.9 Å². The summed E-state index contributed by atoms with van der Waals surface area (Å²) in [6.07, 6.45) is 2.13. The van der Waals surface area contributed by atoms with Crippen molar-refractivity contribution in [3.05, 3.63) is 0 Å². The van der Waals surface area contributed by atoms with Crippen molar-refractivity contribution in [2.24, 2.45) is 0 Å². The monoisotopic (exact) mass is 477 g/mol. The van der Waals surface area contributed by atoms with E-state index in [1.165, 1.54) is 0 Å². The molecule has 0 aliphatic rings. The van der Waals surface area contributed by atoms with Gasteiger partial charge in [0.2, 0.25) is 5.91 Å². The number of hydrogen-bond donors (Lipinski definition) is 1. The highest BCUT2D eigenvalue weighted by atomic mass is 16.7. The van der Waals surface area contributed by atoms with E-state index in [0.717, 1.165) is 12.8 Å². The maximum atomic E-state index is 11.9. The number of carbonyl (C=O) groups is 3. The third-order valence-electron chi connectivity index (χ3n) is 4.34. The molecule has 10 heteroatoms. The Morgan fingerprint density at radius 3 is 1.91 bits per heavy atom. The summed E-state index contributed by atoms with van der Waals surface area (Å²) in [5.74, 6) is -0.799. The zero-order chi connectivity index (χ0) is 24.7. The number of nitrogens with one attached hydrogen (secondary N) is 1. The van der Waals surface area contributed by atoms with Gasteiger partial charge in [0.15, 0.2) is 6.29 Å². The molecule has 0 rings (SSSR count). The minimum absolute atomic E-state index is 0.00306. The van der Waals surface area contributed by atoms with Crippen molar-refractivity contribution >= 4 is 17.8 Å². The molecule has 33 heavy (non-hydrogen) atoms. The van der Waals surface area contributed by atoms with Crippen LogP contribution >= 0.6 is 0 Å². The lowest BCUT2D eigenvalue weighted by Gasteiger charge is -2.18. The third-order valence-corrected chi connectivity index (χ3v) is 4.34. The molecule has 0 aliphatic heterocycles. The predicted octanol–water partition coefficient (Wildman–Crippen LogP) is 2.37. The molecule has 0 heterocycles. The number of carbonyl (C=O) groups excluding carboxylic acids is 3. The van der Waals surface area contributed by atoms with Crippen LogP contribution in [0.25, 0.3) is 0 Å². The van der Waals surface area contributed by atoms with Gasteiger partial charge in [-0.15, -0.1) is 0 Å². The van der Waals surface area contributed by atoms with E-state index < -0.39 is 6.10 Å². The number of rotatable bonds is 22. The van der Waals surface area contributed by atoms with Gasteiger partial charge in [0, 0.05) is 58.7 Å². The molecule has 0 aliphatic carbocycles. The van der Waals surface area contributed by atoms with Gasteiger partial charge in [-0.2, -0.15) is 0 Å². The summed E-state index contributed by atoms with van der Waals surface area (Å²) in [6, 6.07) is 0. The molecule has 0 aromatic carbocycles. The Labute approximate surface area is 197 Å². The van der Waals surface area contributed by atoms with Crippen LogP contribution < -0.4 is 5.32 Å². The summed E-state index contributed by atoms with van der Waals surface area (Å²) in [5.41, 5.74) is 0. The molecule has 0 saturated heterocycles. The number of ether oxygens (including phenoxy) is 6. The van der Waals surface area contributed by atoms with Crippen molar-refractivity contribution in [1.82, 2.24) is 5.32 Å². The molecule has 0 bridgehead atoms. The lowest BCUT2D eigenvalue weighted by Crippen LogP contribution is -2.30. The van der Waals surface area contributed by atoms with Crippen LogP contribution in [0.1, 0.15) is 66.2 Å². The Bertz CT molecular complexity index is 490. The van der Waals surface area contributed by atoms with Crippen LogP contribution in [0.2, 0.25) is 0 Å². The molecule has 0 spiro atoms. The van der Waals surface area contributed by atoms with Crippen molar-refractivity contribution < 1.29 is 42.8 Å². The average Bonchev–Trinajstić information content (AvgIpc) is 2.81. The molecule has 0 fully saturated rings. The van der Waals surface area contributed by atoms with Crippen LogP contribution in [0, 0.1) is 0 Å². The molecule has 0 unspecified atom stereocenters. The van der Waals surface area contributed by atoms with Gasteiger partial charge in [-0.25, -0.2) is 0 Å². The Hall–Kier alpha value is -1.75. The Balaban J connectivity index is 3.88. The van der Waals surface area contributed by atoms with Gasteiger partial charge in [0.05, 0.1) is 6.61 Å². The maximum Gasteiger partial charge on any atom is 0.305 e. The van der Waals surface area contributed by atoms with Gasteiger partial charge in [-0.1, -0.05) is 13.8 Å². The first-order valence-corrected chi connectivity index (χ1v) is 12.0. The summed E-state index contributed by atoms with van der Waals surface area (Å²) in [4.78, 5) is 34.6. The Morgan fingerprint density at radius 2 is 1.36 bits per heavy atom. The first kappa shape index (κ1) is 31.2.